The third-order valence-corrected chi connectivity index (χ3v) is 2.89. The Kier molecular flexibility index (Phi) is 2.65. The second-order valence-electron chi connectivity index (χ2n) is 3.80. The molecule has 0 spiro atoms. The Morgan fingerprint density at radius 2 is 2.15 bits per heavy atom. The molecular formula is C12H15O. The Morgan fingerprint density at radius 1 is 1.31 bits per heavy atom. The first-order chi connectivity index (χ1) is 6.38. The van der Waals surface area contributed by atoms with Gasteiger partial charge in [0.15, 0.2) is 0 Å². The molecule has 0 saturated heterocycles. The maximum atomic E-state index is 9.81. The summed E-state index contributed by atoms with van der Waals surface area (Å²) in [5, 5.41) is 9.81. The molecule has 0 bridgehead atoms. The lowest BCUT2D eigenvalue weighted by Gasteiger charge is -2.27. The van der Waals surface area contributed by atoms with E-state index in [4.69, 9.17) is 0 Å². The molecule has 1 N–H and O–H groups in total. The number of rotatable bonds is 1. The van der Waals surface area contributed by atoms with Crippen LogP contribution in [0.3, 0.4) is 0 Å². The summed E-state index contributed by atoms with van der Waals surface area (Å²) in [5.74, 6) is 0.353. The average Bonchev–Trinajstić information content (AvgIpc) is 2.20. The molecule has 0 heterocycles. The van der Waals surface area contributed by atoms with Gasteiger partial charge in [0, 0.05) is 5.92 Å². The third-order valence-electron chi connectivity index (χ3n) is 2.89. The van der Waals surface area contributed by atoms with Crippen molar-refractivity contribution < 1.29 is 5.11 Å². The lowest BCUT2D eigenvalue weighted by atomic mass is 9.82. The second-order valence-corrected chi connectivity index (χ2v) is 3.80. The van der Waals surface area contributed by atoms with Crippen molar-refractivity contribution in [3.63, 3.8) is 0 Å². The van der Waals surface area contributed by atoms with Crippen LogP contribution in [0.25, 0.3) is 0 Å². The van der Waals surface area contributed by atoms with Crippen LogP contribution in [0.5, 0.6) is 0 Å². The minimum Gasteiger partial charge on any atom is -0.392 e. The van der Waals surface area contributed by atoms with Crippen LogP contribution in [0.2, 0.25) is 0 Å². The normalized spacial score (nSPS) is 28.7. The van der Waals surface area contributed by atoms with Crippen molar-refractivity contribution in [1.29, 1.82) is 0 Å². The lowest BCUT2D eigenvalue weighted by molar-refractivity contribution is 0.106. The van der Waals surface area contributed by atoms with Crippen molar-refractivity contribution >= 4 is 0 Å². The maximum absolute atomic E-state index is 9.81. The molecule has 0 amide bonds. The Morgan fingerprint density at radius 3 is 2.85 bits per heavy atom. The summed E-state index contributed by atoms with van der Waals surface area (Å²) in [6.07, 6.45) is 4.37. The topological polar surface area (TPSA) is 20.2 Å². The second kappa shape index (κ2) is 3.93. The first-order valence-electron chi connectivity index (χ1n) is 5.02. The van der Waals surface area contributed by atoms with Crippen LogP contribution >= 0.6 is 0 Å². The fourth-order valence-corrected chi connectivity index (χ4v) is 2.14. The Labute approximate surface area is 79.4 Å². The number of hydrogen-bond acceptors (Lipinski definition) is 1. The molecule has 13 heavy (non-hydrogen) atoms. The van der Waals surface area contributed by atoms with E-state index in [-0.39, 0.29) is 6.10 Å². The standard InChI is InChI=1S/C12H15O/c13-12-9-5-4-8-11(12)10-6-2-1-3-7-10/h1-2,6-7,11-13H,4-5,8-9H2. The molecule has 1 aliphatic carbocycles. The van der Waals surface area contributed by atoms with Crippen molar-refractivity contribution in [3.05, 3.63) is 35.9 Å². The summed E-state index contributed by atoms with van der Waals surface area (Å²) >= 11 is 0. The highest BCUT2D eigenvalue weighted by Gasteiger charge is 2.23. The highest BCUT2D eigenvalue weighted by atomic mass is 16.3. The summed E-state index contributed by atoms with van der Waals surface area (Å²) in [7, 11) is 0. The zero-order valence-electron chi connectivity index (χ0n) is 7.74. The summed E-state index contributed by atoms with van der Waals surface area (Å²) in [4.78, 5) is 0. The molecule has 69 valence electrons. The van der Waals surface area contributed by atoms with Crippen LogP contribution < -0.4 is 0 Å². The van der Waals surface area contributed by atoms with Gasteiger partial charge in [-0.15, -0.1) is 0 Å². The van der Waals surface area contributed by atoms with E-state index in [2.05, 4.69) is 12.1 Å². The van der Waals surface area contributed by atoms with Crippen molar-refractivity contribution in [2.75, 3.05) is 0 Å². The SMILES string of the molecule is OC1CCCCC1c1c[c]ccc1. The summed E-state index contributed by atoms with van der Waals surface area (Å²) in [6.45, 7) is 0. The van der Waals surface area contributed by atoms with Gasteiger partial charge in [-0.05, 0) is 24.5 Å². The van der Waals surface area contributed by atoms with E-state index in [1.165, 1.54) is 18.4 Å². The summed E-state index contributed by atoms with van der Waals surface area (Å²) in [5.41, 5.74) is 1.25. The molecule has 2 atom stereocenters. The van der Waals surface area contributed by atoms with Crippen LogP contribution in [-0.2, 0) is 0 Å². The van der Waals surface area contributed by atoms with Gasteiger partial charge in [0.25, 0.3) is 0 Å². The van der Waals surface area contributed by atoms with Gasteiger partial charge < -0.3 is 5.11 Å². The average molecular weight is 175 g/mol. The van der Waals surface area contributed by atoms with Gasteiger partial charge in [-0.1, -0.05) is 37.1 Å². The molecular weight excluding hydrogens is 160 g/mol. The summed E-state index contributed by atoms with van der Waals surface area (Å²) < 4.78 is 0. The molecule has 1 nitrogen and oxygen atoms in total. The van der Waals surface area contributed by atoms with Crippen molar-refractivity contribution in [2.45, 2.75) is 37.7 Å². The van der Waals surface area contributed by atoms with E-state index in [0.29, 0.717) is 5.92 Å². The Bertz CT molecular complexity index is 255. The van der Waals surface area contributed by atoms with Crippen LogP contribution in [-0.4, -0.2) is 11.2 Å². The van der Waals surface area contributed by atoms with Gasteiger partial charge >= 0.3 is 0 Å². The molecule has 1 aliphatic rings. The van der Waals surface area contributed by atoms with Crippen molar-refractivity contribution in [2.24, 2.45) is 0 Å². The monoisotopic (exact) mass is 175 g/mol. The number of aliphatic hydroxyl groups is 1. The van der Waals surface area contributed by atoms with E-state index in [1.54, 1.807) is 0 Å². The van der Waals surface area contributed by atoms with Gasteiger partial charge in [-0.25, -0.2) is 0 Å². The zero-order valence-corrected chi connectivity index (χ0v) is 7.74. The van der Waals surface area contributed by atoms with E-state index >= 15 is 0 Å². The van der Waals surface area contributed by atoms with Crippen molar-refractivity contribution in [3.8, 4) is 0 Å². The number of aliphatic hydroxyl groups excluding tert-OH is 1. The fraction of sp³-hybridized carbons (Fsp3) is 0.500. The fourth-order valence-electron chi connectivity index (χ4n) is 2.14. The lowest BCUT2D eigenvalue weighted by Crippen LogP contribution is -2.22. The molecule has 2 unspecified atom stereocenters. The van der Waals surface area contributed by atoms with E-state index in [9.17, 15) is 5.11 Å². The van der Waals surface area contributed by atoms with Gasteiger partial charge in [0.05, 0.1) is 6.10 Å². The first kappa shape index (κ1) is 8.76. The van der Waals surface area contributed by atoms with Crippen LogP contribution in [0.1, 0.15) is 37.2 Å². The molecule has 1 saturated carbocycles. The van der Waals surface area contributed by atoms with Gasteiger partial charge in [0.2, 0.25) is 0 Å². The quantitative estimate of drug-likeness (QED) is 0.695. The molecule has 0 aliphatic heterocycles. The van der Waals surface area contributed by atoms with E-state index < -0.39 is 0 Å². The molecule has 1 heteroatoms. The van der Waals surface area contributed by atoms with Crippen molar-refractivity contribution in [1.82, 2.24) is 0 Å². The summed E-state index contributed by atoms with van der Waals surface area (Å²) in [6, 6.07) is 11.1. The third kappa shape index (κ3) is 1.92. The Hall–Kier alpha value is -0.820. The molecule has 0 aromatic heterocycles. The highest BCUT2D eigenvalue weighted by molar-refractivity contribution is 5.20. The van der Waals surface area contributed by atoms with Crippen LogP contribution in [0.15, 0.2) is 24.3 Å². The molecule has 2 rings (SSSR count). The highest BCUT2D eigenvalue weighted by Crippen LogP contribution is 2.32. The van der Waals surface area contributed by atoms with Crippen LogP contribution in [0.4, 0.5) is 0 Å². The van der Waals surface area contributed by atoms with E-state index in [0.717, 1.165) is 12.8 Å². The Balaban J connectivity index is 2.15. The van der Waals surface area contributed by atoms with Gasteiger partial charge in [0.1, 0.15) is 0 Å². The smallest absolute Gasteiger partial charge is 0.0608 e. The maximum Gasteiger partial charge on any atom is 0.0608 e. The predicted octanol–water partition coefficient (Wildman–Crippen LogP) is 2.51. The molecule has 1 fully saturated rings. The minimum absolute atomic E-state index is 0.135. The largest absolute Gasteiger partial charge is 0.392 e. The molecule has 1 radical (unpaired) electrons. The predicted molar refractivity (Wildman–Crippen MR) is 52.5 cm³/mol. The van der Waals surface area contributed by atoms with E-state index in [1.807, 2.05) is 18.2 Å². The zero-order chi connectivity index (χ0) is 9.10. The number of benzene rings is 1. The first-order valence-corrected chi connectivity index (χ1v) is 5.02. The van der Waals surface area contributed by atoms with Crippen LogP contribution in [0, 0.1) is 6.07 Å². The minimum atomic E-state index is -0.135. The molecule has 1 aromatic rings. The van der Waals surface area contributed by atoms with Gasteiger partial charge in [-0.3, -0.25) is 0 Å². The van der Waals surface area contributed by atoms with Gasteiger partial charge in [-0.2, -0.15) is 0 Å². The number of hydrogen-bond donors (Lipinski definition) is 1. The molecule has 1 aromatic carbocycles.